The number of nitrogens with zero attached hydrogens (tertiary/aromatic N) is 3. The Kier molecular flexibility index (Phi) is 6.10. The van der Waals surface area contributed by atoms with E-state index in [2.05, 4.69) is 20.4 Å². The van der Waals surface area contributed by atoms with Crippen LogP contribution in [0.5, 0.6) is 0 Å². The third-order valence-electron chi connectivity index (χ3n) is 4.64. The standard InChI is InChI=1S/C22H13ClF4N4O2/c23-15-4-2-1-3-12(15)9-18(32)30-21-19(17-7-8-28-11-29-17)20(31-33-21)14-6-5-13(10-16(14)24)22(25,26)27/h1-8,10-11H,9H2,(H,30,32). The van der Waals surface area contributed by atoms with Crippen LogP contribution in [-0.4, -0.2) is 21.0 Å². The average molecular weight is 477 g/mol. The molecule has 0 atom stereocenters. The second-order valence-corrected chi connectivity index (χ2v) is 7.25. The Labute approximate surface area is 189 Å². The van der Waals surface area contributed by atoms with Crippen molar-refractivity contribution in [3.63, 3.8) is 0 Å². The van der Waals surface area contributed by atoms with E-state index in [0.29, 0.717) is 16.7 Å². The summed E-state index contributed by atoms with van der Waals surface area (Å²) in [5.74, 6) is -1.82. The minimum atomic E-state index is -4.71. The number of carbonyl (C=O) groups is 1. The molecule has 0 saturated carbocycles. The van der Waals surface area contributed by atoms with E-state index in [-0.39, 0.29) is 34.8 Å². The molecule has 0 aliphatic heterocycles. The van der Waals surface area contributed by atoms with Crippen molar-refractivity contribution < 1.29 is 26.9 Å². The highest BCUT2D eigenvalue weighted by atomic mass is 35.5. The maximum Gasteiger partial charge on any atom is 0.416 e. The number of alkyl halides is 3. The van der Waals surface area contributed by atoms with Crippen LogP contribution in [0.15, 0.2) is 65.6 Å². The maximum absolute atomic E-state index is 14.6. The highest BCUT2D eigenvalue weighted by Crippen LogP contribution is 2.39. The van der Waals surface area contributed by atoms with E-state index in [1.165, 1.54) is 18.6 Å². The van der Waals surface area contributed by atoms with Crippen LogP contribution in [-0.2, 0) is 17.4 Å². The third kappa shape index (κ3) is 4.85. The summed E-state index contributed by atoms with van der Waals surface area (Å²) in [6.45, 7) is 0. The molecule has 6 nitrogen and oxygen atoms in total. The molecule has 11 heteroatoms. The second-order valence-electron chi connectivity index (χ2n) is 6.84. The van der Waals surface area contributed by atoms with E-state index in [1.54, 1.807) is 24.3 Å². The van der Waals surface area contributed by atoms with Gasteiger partial charge < -0.3 is 4.52 Å². The van der Waals surface area contributed by atoms with Gasteiger partial charge in [0.1, 0.15) is 17.8 Å². The number of anilines is 1. The number of nitrogens with one attached hydrogen (secondary N) is 1. The fourth-order valence-electron chi connectivity index (χ4n) is 3.10. The van der Waals surface area contributed by atoms with Gasteiger partial charge in [0.15, 0.2) is 0 Å². The summed E-state index contributed by atoms with van der Waals surface area (Å²) in [4.78, 5) is 20.5. The Morgan fingerprint density at radius 2 is 1.91 bits per heavy atom. The second kappa shape index (κ2) is 8.99. The first-order chi connectivity index (χ1) is 15.7. The topological polar surface area (TPSA) is 80.9 Å². The van der Waals surface area contributed by atoms with Gasteiger partial charge in [-0.2, -0.15) is 13.2 Å². The Bertz CT molecular complexity index is 1310. The molecule has 0 bridgehead atoms. The molecule has 33 heavy (non-hydrogen) atoms. The zero-order chi connectivity index (χ0) is 23.6. The van der Waals surface area contributed by atoms with Gasteiger partial charge in [-0.3, -0.25) is 10.1 Å². The van der Waals surface area contributed by atoms with Gasteiger partial charge in [-0.25, -0.2) is 14.4 Å². The Balaban J connectivity index is 1.73. The number of rotatable bonds is 5. The molecule has 0 saturated heterocycles. The quantitative estimate of drug-likeness (QED) is 0.369. The van der Waals surface area contributed by atoms with Crippen molar-refractivity contribution in [3.05, 3.63) is 83.0 Å². The number of hydrogen-bond acceptors (Lipinski definition) is 5. The smallest absolute Gasteiger partial charge is 0.337 e. The van der Waals surface area contributed by atoms with E-state index in [4.69, 9.17) is 16.1 Å². The first-order valence-corrected chi connectivity index (χ1v) is 9.78. The van der Waals surface area contributed by atoms with Gasteiger partial charge in [0.05, 0.1) is 23.2 Å². The lowest BCUT2D eigenvalue weighted by atomic mass is 10.0. The SMILES string of the molecule is O=C(Cc1ccccc1Cl)Nc1onc(-c2ccc(C(F)(F)F)cc2F)c1-c1ccncn1. The van der Waals surface area contributed by atoms with Crippen LogP contribution in [0.2, 0.25) is 5.02 Å². The summed E-state index contributed by atoms with van der Waals surface area (Å²) < 4.78 is 58.7. The minimum absolute atomic E-state index is 0.0866. The lowest BCUT2D eigenvalue weighted by Gasteiger charge is -2.09. The summed E-state index contributed by atoms with van der Waals surface area (Å²) in [6.07, 6.45) is -2.19. The monoisotopic (exact) mass is 476 g/mol. The Morgan fingerprint density at radius 3 is 2.58 bits per heavy atom. The summed E-state index contributed by atoms with van der Waals surface area (Å²) in [5, 5.41) is 6.73. The van der Waals surface area contributed by atoms with Gasteiger partial charge in [-0.15, -0.1) is 0 Å². The highest BCUT2D eigenvalue weighted by molar-refractivity contribution is 6.31. The van der Waals surface area contributed by atoms with Crippen LogP contribution in [0.3, 0.4) is 0 Å². The van der Waals surface area contributed by atoms with Crippen LogP contribution in [0.1, 0.15) is 11.1 Å². The largest absolute Gasteiger partial charge is 0.416 e. The summed E-state index contributed by atoms with van der Waals surface area (Å²) in [5.41, 5.74) is -0.671. The van der Waals surface area contributed by atoms with Crippen LogP contribution >= 0.6 is 11.6 Å². The minimum Gasteiger partial charge on any atom is -0.337 e. The molecule has 1 amide bonds. The number of halogens is 5. The molecule has 0 aliphatic rings. The molecule has 4 rings (SSSR count). The molecular weight excluding hydrogens is 464 g/mol. The number of aromatic nitrogens is 3. The van der Waals surface area contributed by atoms with Crippen LogP contribution < -0.4 is 5.32 Å². The predicted molar refractivity (Wildman–Crippen MR) is 112 cm³/mol. The Morgan fingerprint density at radius 1 is 1.12 bits per heavy atom. The van der Waals surface area contributed by atoms with Gasteiger partial charge in [-0.05, 0) is 35.9 Å². The van der Waals surface area contributed by atoms with E-state index in [9.17, 15) is 22.4 Å². The summed E-state index contributed by atoms with van der Waals surface area (Å²) in [7, 11) is 0. The van der Waals surface area contributed by atoms with E-state index < -0.39 is 23.5 Å². The number of benzene rings is 2. The van der Waals surface area contributed by atoms with Crippen molar-refractivity contribution >= 4 is 23.4 Å². The molecule has 2 aromatic carbocycles. The van der Waals surface area contributed by atoms with Gasteiger partial charge in [0, 0.05) is 16.8 Å². The molecule has 0 unspecified atom stereocenters. The Hall–Kier alpha value is -3.79. The van der Waals surface area contributed by atoms with Crippen molar-refractivity contribution in [1.82, 2.24) is 15.1 Å². The molecule has 0 spiro atoms. The van der Waals surface area contributed by atoms with Crippen LogP contribution in [0, 0.1) is 5.82 Å². The molecule has 2 heterocycles. The number of carbonyl (C=O) groups excluding carboxylic acids is 1. The zero-order valence-electron chi connectivity index (χ0n) is 16.5. The summed E-state index contributed by atoms with van der Waals surface area (Å²) >= 11 is 6.09. The lowest BCUT2D eigenvalue weighted by Crippen LogP contribution is -2.14. The van der Waals surface area contributed by atoms with Crippen molar-refractivity contribution in [2.45, 2.75) is 12.6 Å². The van der Waals surface area contributed by atoms with Gasteiger partial charge in [0.2, 0.25) is 11.8 Å². The molecule has 2 aromatic heterocycles. The molecule has 0 radical (unpaired) electrons. The van der Waals surface area contributed by atoms with Crippen LogP contribution in [0.25, 0.3) is 22.5 Å². The first kappa shape index (κ1) is 22.4. The number of amides is 1. The normalized spacial score (nSPS) is 11.4. The molecule has 0 aliphatic carbocycles. The molecule has 1 N–H and O–H groups in total. The maximum atomic E-state index is 14.6. The van der Waals surface area contributed by atoms with Crippen molar-refractivity contribution in [2.24, 2.45) is 0 Å². The van der Waals surface area contributed by atoms with Crippen molar-refractivity contribution in [3.8, 4) is 22.5 Å². The van der Waals surface area contributed by atoms with E-state index in [0.717, 1.165) is 12.1 Å². The van der Waals surface area contributed by atoms with Gasteiger partial charge in [0.25, 0.3) is 0 Å². The van der Waals surface area contributed by atoms with Crippen molar-refractivity contribution in [2.75, 3.05) is 5.32 Å². The van der Waals surface area contributed by atoms with E-state index >= 15 is 0 Å². The highest BCUT2D eigenvalue weighted by Gasteiger charge is 2.32. The zero-order valence-corrected chi connectivity index (χ0v) is 17.3. The van der Waals surface area contributed by atoms with Crippen LogP contribution in [0.4, 0.5) is 23.4 Å². The van der Waals surface area contributed by atoms with Gasteiger partial charge >= 0.3 is 6.18 Å². The average Bonchev–Trinajstić information content (AvgIpc) is 3.18. The van der Waals surface area contributed by atoms with Crippen molar-refractivity contribution in [1.29, 1.82) is 0 Å². The first-order valence-electron chi connectivity index (χ1n) is 9.40. The molecule has 0 fully saturated rings. The predicted octanol–water partition coefficient (Wildman–Crippen LogP) is 5.79. The summed E-state index contributed by atoms with van der Waals surface area (Å²) in [6, 6.07) is 10.2. The molecule has 4 aromatic rings. The third-order valence-corrected chi connectivity index (χ3v) is 5.01. The van der Waals surface area contributed by atoms with Gasteiger partial charge in [-0.1, -0.05) is 35.0 Å². The lowest BCUT2D eigenvalue weighted by molar-refractivity contribution is -0.137. The van der Waals surface area contributed by atoms with E-state index in [1.807, 2.05) is 0 Å². The number of hydrogen-bond donors (Lipinski definition) is 1. The fourth-order valence-corrected chi connectivity index (χ4v) is 3.31. The molecule has 168 valence electrons. The molecular formula is C22H13ClF4N4O2. The fraction of sp³-hybridized carbons (Fsp3) is 0.0909.